The lowest BCUT2D eigenvalue weighted by atomic mass is 9.95. The van der Waals surface area contributed by atoms with E-state index < -0.39 is 0 Å². The van der Waals surface area contributed by atoms with E-state index in [0.717, 1.165) is 31.4 Å². The van der Waals surface area contributed by atoms with E-state index in [1.54, 1.807) is 0 Å². The Morgan fingerprint density at radius 1 is 1.12 bits per heavy atom. The summed E-state index contributed by atoms with van der Waals surface area (Å²) in [6.07, 6.45) is 2.52. The number of fused-ring (bicyclic) bond motifs is 1. The molecule has 0 aliphatic carbocycles. The first-order chi connectivity index (χ1) is 12.3. The summed E-state index contributed by atoms with van der Waals surface area (Å²) in [5, 5.41) is 19.2. The first kappa shape index (κ1) is 16.0. The van der Waals surface area contributed by atoms with Crippen molar-refractivity contribution in [2.24, 2.45) is 5.92 Å². The fourth-order valence-electron chi connectivity index (χ4n) is 3.42. The van der Waals surface area contributed by atoms with Gasteiger partial charge in [-0.3, -0.25) is 4.90 Å². The van der Waals surface area contributed by atoms with Crippen molar-refractivity contribution < 1.29 is 0 Å². The lowest BCUT2D eigenvalue weighted by Crippen LogP contribution is -2.39. The molecule has 1 aliphatic rings. The van der Waals surface area contributed by atoms with Crippen LogP contribution in [0.25, 0.3) is 5.65 Å². The Balaban J connectivity index is 1.51. The molecule has 25 heavy (non-hydrogen) atoms. The molecule has 3 heterocycles. The molecule has 0 saturated carbocycles. The van der Waals surface area contributed by atoms with Crippen LogP contribution < -0.4 is 5.32 Å². The predicted octanol–water partition coefficient (Wildman–Crippen LogP) is 2.40. The zero-order valence-corrected chi connectivity index (χ0v) is 14.4. The van der Waals surface area contributed by atoms with E-state index in [1.165, 1.54) is 23.0 Å². The van der Waals surface area contributed by atoms with Crippen LogP contribution in [0, 0.1) is 5.92 Å². The maximum Gasteiger partial charge on any atom is 0.200 e. The molecule has 4 rings (SSSR count). The van der Waals surface area contributed by atoms with Gasteiger partial charge in [0, 0.05) is 6.54 Å². The van der Waals surface area contributed by atoms with E-state index >= 15 is 0 Å². The molecule has 0 bridgehead atoms. The summed E-state index contributed by atoms with van der Waals surface area (Å²) < 4.78 is 1.45. The Morgan fingerprint density at radius 3 is 2.72 bits per heavy atom. The second kappa shape index (κ2) is 7.14. The summed E-state index contributed by atoms with van der Waals surface area (Å²) in [6.45, 7) is 5.43. The third kappa shape index (κ3) is 3.61. The van der Waals surface area contributed by atoms with E-state index in [0.29, 0.717) is 11.7 Å². The van der Waals surface area contributed by atoms with Crippen LogP contribution in [0.4, 0.5) is 5.82 Å². The van der Waals surface area contributed by atoms with Crippen molar-refractivity contribution in [2.45, 2.75) is 25.8 Å². The second-order valence-electron chi connectivity index (χ2n) is 6.77. The number of likely N-dealkylation sites (tertiary alicyclic amines) is 1. The fourth-order valence-corrected chi connectivity index (χ4v) is 3.42. The largest absolute Gasteiger partial charge is 0.367 e. The lowest BCUT2D eigenvalue weighted by Gasteiger charge is -2.37. The molecule has 1 fully saturated rings. The molecular formula is C18H23N7. The van der Waals surface area contributed by atoms with Gasteiger partial charge in [-0.1, -0.05) is 37.3 Å². The Labute approximate surface area is 147 Å². The molecule has 0 spiro atoms. The van der Waals surface area contributed by atoms with Crippen LogP contribution in [0.5, 0.6) is 0 Å². The number of rotatable bonds is 5. The first-order valence-corrected chi connectivity index (χ1v) is 8.88. The molecule has 7 nitrogen and oxygen atoms in total. The minimum Gasteiger partial charge on any atom is -0.367 e. The molecule has 1 N–H and O–H groups in total. The molecule has 0 radical (unpaired) electrons. The number of hydrogen-bond donors (Lipinski definition) is 1. The Kier molecular flexibility index (Phi) is 4.56. The number of anilines is 1. The van der Waals surface area contributed by atoms with Gasteiger partial charge in [0.1, 0.15) is 5.82 Å². The zero-order valence-electron chi connectivity index (χ0n) is 14.4. The SMILES string of the molecule is CC1CCN(C(CNc2ccc3nnnn3n2)c2ccccc2)CC1. The average molecular weight is 337 g/mol. The van der Waals surface area contributed by atoms with Crippen LogP contribution in [-0.4, -0.2) is 49.8 Å². The fraction of sp³-hybridized carbons (Fsp3) is 0.444. The van der Waals surface area contributed by atoms with Crippen molar-refractivity contribution in [3.05, 3.63) is 48.0 Å². The van der Waals surface area contributed by atoms with Crippen LogP contribution in [0.15, 0.2) is 42.5 Å². The monoisotopic (exact) mass is 337 g/mol. The van der Waals surface area contributed by atoms with Crippen molar-refractivity contribution >= 4 is 11.5 Å². The number of aromatic nitrogens is 5. The number of nitrogens with one attached hydrogen (secondary N) is 1. The molecule has 1 unspecified atom stereocenters. The summed E-state index contributed by atoms with van der Waals surface area (Å²) >= 11 is 0. The molecular weight excluding hydrogens is 314 g/mol. The summed E-state index contributed by atoms with van der Waals surface area (Å²) in [4.78, 5) is 2.58. The number of nitrogens with zero attached hydrogens (tertiary/aromatic N) is 6. The van der Waals surface area contributed by atoms with Crippen LogP contribution in [0.2, 0.25) is 0 Å². The third-order valence-electron chi connectivity index (χ3n) is 4.99. The van der Waals surface area contributed by atoms with Gasteiger partial charge in [0.15, 0.2) is 5.65 Å². The number of hydrogen-bond acceptors (Lipinski definition) is 6. The molecule has 1 aliphatic heterocycles. The molecule has 1 saturated heterocycles. The Morgan fingerprint density at radius 2 is 1.92 bits per heavy atom. The maximum absolute atomic E-state index is 4.41. The highest BCUT2D eigenvalue weighted by atomic mass is 15.6. The van der Waals surface area contributed by atoms with Gasteiger partial charge >= 0.3 is 0 Å². The van der Waals surface area contributed by atoms with Crippen molar-refractivity contribution in [1.82, 2.24) is 30.2 Å². The molecule has 2 aromatic heterocycles. The van der Waals surface area contributed by atoms with Gasteiger partial charge in [-0.15, -0.1) is 14.8 Å². The maximum atomic E-state index is 4.41. The summed E-state index contributed by atoms with van der Waals surface area (Å²) in [6, 6.07) is 14.8. The number of tetrazole rings is 1. The van der Waals surface area contributed by atoms with Gasteiger partial charge < -0.3 is 5.32 Å². The van der Waals surface area contributed by atoms with Crippen molar-refractivity contribution in [3.63, 3.8) is 0 Å². The van der Waals surface area contributed by atoms with Gasteiger partial charge in [0.05, 0.1) is 6.04 Å². The zero-order chi connectivity index (χ0) is 17.1. The molecule has 3 aromatic rings. The lowest BCUT2D eigenvalue weighted by molar-refractivity contribution is 0.143. The standard InChI is InChI=1S/C18H23N7/c1-14-9-11-24(12-10-14)16(15-5-3-2-4-6-15)13-19-17-7-8-18-20-22-23-25(18)21-17/h2-8,14,16H,9-13H2,1H3,(H,19,21). The third-order valence-corrected chi connectivity index (χ3v) is 4.99. The highest BCUT2D eigenvalue weighted by Crippen LogP contribution is 2.27. The van der Waals surface area contributed by atoms with Crippen LogP contribution in [-0.2, 0) is 0 Å². The minimum atomic E-state index is 0.333. The van der Waals surface area contributed by atoms with E-state index in [-0.39, 0.29) is 0 Å². The predicted molar refractivity (Wildman–Crippen MR) is 96.2 cm³/mol. The Bertz CT molecular complexity index is 808. The number of benzene rings is 1. The highest BCUT2D eigenvalue weighted by Gasteiger charge is 2.24. The summed E-state index contributed by atoms with van der Waals surface area (Å²) in [5.74, 6) is 1.61. The van der Waals surface area contributed by atoms with Crippen LogP contribution >= 0.6 is 0 Å². The van der Waals surface area contributed by atoms with Crippen LogP contribution in [0.3, 0.4) is 0 Å². The van der Waals surface area contributed by atoms with Gasteiger partial charge in [0.25, 0.3) is 0 Å². The topological polar surface area (TPSA) is 71.2 Å². The van der Waals surface area contributed by atoms with E-state index in [9.17, 15) is 0 Å². The van der Waals surface area contributed by atoms with Crippen molar-refractivity contribution in [2.75, 3.05) is 25.0 Å². The first-order valence-electron chi connectivity index (χ1n) is 8.88. The van der Waals surface area contributed by atoms with Crippen molar-refractivity contribution in [3.8, 4) is 0 Å². The van der Waals surface area contributed by atoms with E-state index in [2.05, 4.69) is 68.1 Å². The van der Waals surface area contributed by atoms with Gasteiger partial charge in [-0.05, 0) is 60.0 Å². The van der Waals surface area contributed by atoms with E-state index in [1.807, 2.05) is 12.1 Å². The van der Waals surface area contributed by atoms with Gasteiger partial charge in [-0.2, -0.15) is 0 Å². The quantitative estimate of drug-likeness (QED) is 0.771. The minimum absolute atomic E-state index is 0.333. The van der Waals surface area contributed by atoms with E-state index in [4.69, 9.17) is 0 Å². The number of piperidine rings is 1. The normalized spacial score (nSPS) is 17.6. The van der Waals surface area contributed by atoms with Gasteiger partial charge in [-0.25, -0.2) is 0 Å². The van der Waals surface area contributed by atoms with Crippen LogP contribution in [0.1, 0.15) is 31.4 Å². The smallest absolute Gasteiger partial charge is 0.200 e. The molecule has 0 amide bonds. The highest BCUT2D eigenvalue weighted by molar-refractivity contribution is 5.42. The molecule has 7 heteroatoms. The molecule has 130 valence electrons. The Hall–Kier alpha value is -2.54. The second-order valence-corrected chi connectivity index (χ2v) is 6.77. The van der Waals surface area contributed by atoms with Crippen molar-refractivity contribution in [1.29, 1.82) is 0 Å². The van der Waals surface area contributed by atoms with Gasteiger partial charge in [0.2, 0.25) is 0 Å². The average Bonchev–Trinajstić information content (AvgIpc) is 3.12. The molecule has 1 atom stereocenters. The summed E-state index contributed by atoms with van der Waals surface area (Å²) in [5.41, 5.74) is 1.99. The summed E-state index contributed by atoms with van der Waals surface area (Å²) in [7, 11) is 0. The molecule has 1 aromatic carbocycles.